The van der Waals surface area contributed by atoms with Gasteiger partial charge in [-0.15, -0.1) is 0 Å². The second-order valence-corrected chi connectivity index (χ2v) is 17.9. The van der Waals surface area contributed by atoms with E-state index in [-0.39, 0.29) is 65.2 Å². The first-order valence-electron chi connectivity index (χ1n) is 19.1. The van der Waals surface area contributed by atoms with Crippen LogP contribution in [-0.2, 0) is 14.8 Å². The number of aromatic amines is 1. The summed E-state index contributed by atoms with van der Waals surface area (Å²) in [5, 5.41) is 15.2. The highest BCUT2D eigenvalue weighted by Gasteiger charge is 2.34. The summed E-state index contributed by atoms with van der Waals surface area (Å²) in [7, 11) is -4.48. The number of carbonyl (C=O) groups is 1. The van der Waals surface area contributed by atoms with Crippen molar-refractivity contribution in [3.05, 3.63) is 106 Å². The molecule has 1 fully saturated rings. The minimum atomic E-state index is -4.48. The number of carbonyl (C=O) groups excluding carboxylic acids is 1. The number of hydrogen-bond donors (Lipinski definition) is 4. The third kappa shape index (κ3) is 10.1. The summed E-state index contributed by atoms with van der Waals surface area (Å²) in [4.78, 5) is 17.3. The zero-order valence-corrected chi connectivity index (χ0v) is 34.5. The van der Waals surface area contributed by atoms with Crippen LogP contribution in [-0.4, -0.2) is 74.6 Å². The number of ether oxygens (including phenoxy) is 3. The van der Waals surface area contributed by atoms with Gasteiger partial charge < -0.3 is 24.8 Å². The number of rotatable bonds is 15. The van der Waals surface area contributed by atoms with E-state index >= 15 is 4.39 Å². The Kier molecular flexibility index (Phi) is 12.6. The number of aromatic nitrogens is 3. The minimum absolute atomic E-state index is 0.0432. The molecule has 0 radical (unpaired) electrons. The number of pyridine rings is 1. The largest absolute Gasteiger partial charge is 0.473 e. The monoisotopic (exact) mass is 850 g/mol. The molecule has 0 bridgehead atoms. The number of amides is 1. The number of halogens is 3. The second kappa shape index (κ2) is 17.6. The van der Waals surface area contributed by atoms with Crippen molar-refractivity contribution < 1.29 is 31.8 Å². The Balaban J connectivity index is 1.04. The molecule has 306 valence electrons. The van der Waals surface area contributed by atoms with Gasteiger partial charge in [0, 0.05) is 62.5 Å². The van der Waals surface area contributed by atoms with Crippen LogP contribution in [0.15, 0.2) is 89.6 Å². The lowest BCUT2D eigenvalue weighted by atomic mass is 9.72. The number of hydrogen-bond acceptors (Lipinski definition) is 10. The Morgan fingerprint density at radius 2 is 1.78 bits per heavy atom. The first kappa shape index (κ1) is 41.4. The average Bonchev–Trinajstić information content (AvgIpc) is 3.68. The van der Waals surface area contributed by atoms with Crippen molar-refractivity contribution in [3.8, 4) is 17.4 Å². The highest BCUT2D eigenvalue weighted by atomic mass is 35.5. The molecule has 0 unspecified atom stereocenters. The molecule has 7 rings (SSSR count). The van der Waals surface area contributed by atoms with Crippen LogP contribution in [0.2, 0.25) is 10.0 Å². The molecule has 16 heteroatoms. The molecule has 0 spiro atoms. The molecule has 5 aromatic rings. The molecule has 1 aliphatic carbocycles. The highest BCUT2D eigenvalue weighted by Crippen LogP contribution is 2.43. The van der Waals surface area contributed by atoms with E-state index in [2.05, 4.69) is 56.5 Å². The number of alkyl halides is 1. The first-order chi connectivity index (χ1) is 27.8. The van der Waals surface area contributed by atoms with Gasteiger partial charge in [-0.1, -0.05) is 60.8 Å². The first-order valence-corrected chi connectivity index (χ1v) is 21.3. The van der Waals surface area contributed by atoms with E-state index in [4.69, 9.17) is 37.4 Å². The molecule has 0 saturated carbocycles. The topological polar surface area (TPSA) is 157 Å². The molecule has 12 nitrogen and oxygen atoms in total. The normalized spacial score (nSPS) is 16.6. The SMILES string of the molecule is CC1(C)CCC(CNCCNc2ccc(C(=O)NS(=O)(=O)c3cnc(OCC4(F)CCOCC4)c(Cl)c3)c(Oc3cccc4[nH]ncc34)c2)=C(c2ccc(Cl)cc2)C1. The Morgan fingerprint density at radius 3 is 2.55 bits per heavy atom. The maximum Gasteiger partial charge on any atom is 0.268 e. The van der Waals surface area contributed by atoms with Gasteiger partial charge in [-0.3, -0.25) is 9.89 Å². The average molecular weight is 852 g/mol. The summed E-state index contributed by atoms with van der Waals surface area (Å²) < 4.78 is 61.0. The van der Waals surface area contributed by atoms with Crippen LogP contribution < -0.4 is 24.8 Å². The van der Waals surface area contributed by atoms with Gasteiger partial charge >= 0.3 is 0 Å². The van der Waals surface area contributed by atoms with Gasteiger partial charge in [-0.25, -0.2) is 22.5 Å². The van der Waals surface area contributed by atoms with Crippen molar-refractivity contribution in [1.82, 2.24) is 25.2 Å². The number of anilines is 1. The fraction of sp³-hybridized carbons (Fsp3) is 0.357. The summed E-state index contributed by atoms with van der Waals surface area (Å²) in [5.74, 6) is -0.561. The van der Waals surface area contributed by atoms with Gasteiger partial charge in [0.1, 0.15) is 33.7 Å². The molecule has 4 N–H and O–H groups in total. The minimum Gasteiger partial charge on any atom is -0.473 e. The van der Waals surface area contributed by atoms with Gasteiger partial charge in [-0.05, 0) is 78.3 Å². The van der Waals surface area contributed by atoms with Crippen LogP contribution in [0, 0.1) is 5.41 Å². The predicted octanol–water partition coefficient (Wildman–Crippen LogP) is 8.74. The molecular weight excluding hydrogens is 806 g/mol. The van der Waals surface area contributed by atoms with Gasteiger partial charge in [-0.2, -0.15) is 5.10 Å². The van der Waals surface area contributed by atoms with Crippen LogP contribution in [0.4, 0.5) is 10.1 Å². The van der Waals surface area contributed by atoms with E-state index in [9.17, 15) is 13.2 Å². The van der Waals surface area contributed by atoms with Gasteiger partial charge in [0.2, 0.25) is 5.88 Å². The fourth-order valence-electron chi connectivity index (χ4n) is 7.05. The maximum atomic E-state index is 15.0. The van der Waals surface area contributed by atoms with Crippen molar-refractivity contribution in [1.29, 1.82) is 0 Å². The molecule has 1 aliphatic heterocycles. The van der Waals surface area contributed by atoms with E-state index in [0.29, 0.717) is 40.5 Å². The molecule has 2 aromatic heterocycles. The Hall–Kier alpha value is -4.73. The Labute approximate surface area is 346 Å². The van der Waals surface area contributed by atoms with Crippen LogP contribution in [0.1, 0.15) is 61.9 Å². The van der Waals surface area contributed by atoms with Crippen molar-refractivity contribution in [3.63, 3.8) is 0 Å². The van der Waals surface area contributed by atoms with Gasteiger partial charge in [0.05, 0.1) is 28.9 Å². The zero-order valence-electron chi connectivity index (χ0n) is 32.2. The molecule has 58 heavy (non-hydrogen) atoms. The number of H-pyrrole nitrogens is 1. The summed E-state index contributed by atoms with van der Waals surface area (Å²) >= 11 is 12.5. The van der Waals surface area contributed by atoms with Gasteiger partial charge in [0.25, 0.3) is 15.9 Å². The highest BCUT2D eigenvalue weighted by molar-refractivity contribution is 7.90. The Bertz CT molecular complexity index is 2420. The fourth-order valence-corrected chi connectivity index (χ4v) is 8.40. The zero-order chi connectivity index (χ0) is 40.9. The van der Waals surface area contributed by atoms with Crippen molar-refractivity contribution >= 4 is 61.3 Å². The van der Waals surface area contributed by atoms with Gasteiger partial charge in [0.15, 0.2) is 0 Å². The number of fused-ring (bicyclic) bond motifs is 1. The molecule has 1 saturated heterocycles. The van der Waals surface area contributed by atoms with Crippen molar-refractivity contribution in [2.75, 3.05) is 44.8 Å². The van der Waals surface area contributed by atoms with E-state index in [1.165, 1.54) is 22.8 Å². The standard InChI is InChI=1S/C42H45Cl2FN6O6S/c1-41(2)13-12-28(33(22-41)27-6-8-29(43)9-7-27)23-46-16-17-47-30-10-11-32(38(20-30)57-37-5-3-4-36-34(37)25-49-50-36)39(52)51-58(53,54)31-21-35(44)40(48-24-31)56-26-42(45)14-18-55-19-15-42/h3-11,20-21,24-25,46-47H,12-19,22-23,26H2,1-2H3,(H,49,50)(H,51,52). The third-order valence-electron chi connectivity index (χ3n) is 10.4. The number of benzene rings is 3. The van der Waals surface area contributed by atoms with Crippen LogP contribution in [0.3, 0.4) is 0 Å². The molecular formula is C42H45Cl2FN6O6S. The number of nitrogens with zero attached hydrogens (tertiary/aromatic N) is 2. The molecule has 3 heterocycles. The molecule has 0 atom stereocenters. The maximum absolute atomic E-state index is 15.0. The Morgan fingerprint density at radius 1 is 0.983 bits per heavy atom. The lowest BCUT2D eigenvalue weighted by Gasteiger charge is -2.34. The third-order valence-corrected chi connectivity index (χ3v) is 12.2. The molecule has 2 aliphatic rings. The molecule has 3 aromatic carbocycles. The van der Waals surface area contributed by atoms with E-state index in [1.54, 1.807) is 30.5 Å². The predicted molar refractivity (Wildman–Crippen MR) is 223 cm³/mol. The van der Waals surface area contributed by atoms with E-state index in [1.807, 2.05) is 18.2 Å². The van der Waals surface area contributed by atoms with E-state index in [0.717, 1.165) is 38.1 Å². The van der Waals surface area contributed by atoms with Crippen LogP contribution in [0.5, 0.6) is 17.4 Å². The molecule has 1 amide bonds. The van der Waals surface area contributed by atoms with Crippen molar-refractivity contribution in [2.45, 2.75) is 56.5 Å². The summed E-state index contributed by atoms with van der Waals surface area (Å²) in [6.07, 6.45) is 6.02. The quantitative estimate of drug-likeness (QED) is 0.0752. The summed E-state index contributed by atoms with van der Waals surface area (Å²) in [6.45, 7) is 6.79. The lowest BCUT2D eigenvalue weighted by Crippen LogP contribution is -2.37. The number of allylic oxidation sites excluding steroid dienone is 1. The van der Waals surface area contributed by atoms with Crippen molar-refractivity contribution in [2.24, 2.45) is 5.41 Å². The smallest absolute Gasteiger partial charge is 0.268 e. The lowest BCUT2D eigenvalue weighted by molar-refractivity contribution is -0.0331. The number of nitrogens with one attached hydrogen (secondary N) is 4. The number of sulfonamides is 1. The van der Waals surface area contributed by atoms with Crippen LogP contribution in [0.25, 0.3) is 16.5 Å². The summed E-state index contributed by atoms with van der Waals surface area (Å²) in [6, 6.07) is 19.3. The van der Waals surface area contributed by atoms with E-state index < -0.39 is 21.6 Å². The summed E-state index contributed by atoms with van der Waals surface area (Å²) in [5.41, 5.74) is 3.88. The second-order valence-electron chi connectivity index (χ2n) is 15.4. The van der Waals surface area contributed by atoms with Crippen LogP contribution >= 0.6 is 23.2 Å².